The monoisotopic (exact) mass is 648 g/mol. The van der Waals surface area contributed by atoms with Crippen LogP contribution < -0.4 is 37.2 Å². The fourth-order valence-electron chi connectivity index (χ4n) is 3.78. The molecule has 1 aromatic carbocycles. The van der Waals surface area contributed by atoms with Gasteiger partial charge in [0.25, 0.3) is 0 Å². The third-order valence-electron chi connectivity index (χ3n) is 6.08. The summed E-state index contributed by atoms with van der Waals surface area (Å²) in [5.74, 6) is 0. The number of rotatable bonds is 16. The number of carbonyl (C=O) groups is 5. The molecule has 1 rings (SSSR count). The van der Waals surface area contributed by atoms with E-state index in [-0.39, 0.29) is 50.9 Å². The SMILES string of the molecule is C=CCOC(=O)NCC(C)N(Cc1ccccc1)C(=O)NC[C@H](C)NC(=O)NCC(C)NC(=O)NC[C@H](C)NC(=O)OC(C)(C)C. The van der Waals surface area contributed by atoms with Gasteiger partial charge < -0.3 is 51.6 Å². The van der Waals surface area contributed by atoms with Crippen LogP contribution in [-0.4, -0.2) is 97.7 Å². The molecule has 0 fully saturated rings. The fourth-order valence-corrected chi connectivity index (χ4v) is 3.78. The number of urea groups is 3. The number of amides is 8. The van der Waals surface area contributed by atoms with Crippen molar-refractivity contribution in [2.75, 3.05) is 32.8 Å². The van der Waals surface area contributed by atoms with Crippen LogP contribution in [0.25, 0.3) is 0 Å². The van der Waals surface area contributed by atoms with Crippen molar-refractivity contribution in [1.29, 1.82) is 0 Å². The van der Waals surface area contributed by atoms with Gasteiger partial charge in [0.2, 0.25) is 0 Å². The van der Waals surface area contributed by atoms with E-state index >= 15 is 0 Å². The average Bonchev–Trinajstić information content (AvgIpc) is 2.97. The number of ether oxygens (including phenoxy) is 2. The third-order valence-corrected chi connectivity index (χ3v) is 6.08. The van der Waals surface area contributed by atoms with Gasteiger partial charge in [-0.3, -0.25) is 0 Å². The zero-order chi connectivity index (χ0) is 34.7. The van der Waals surface area contributed by atoms with Gasteiger partial charge in [-0.05, 0) is 54.0 Å². The van der Waals surface area contributed by atoms with Crippen molar-refractivity contribution < 1.29 is 33.4 Å². The second-order valence-electron chi connectivity index (χ2n) is 12.0. The van der Waals surface area contributed by atoms with Crippen LogP contribution >= 0.6 is 0 Å². The molecule has 15 heteroatoms. The second-order valence-corrected chi connectivity index (χ2v) is 12.0. The van der Waals surface area contributed by atoms with E-state index in [4.69, 9.17) is 9.47 Å². The Bertz CT molecular complexity index is 1130. The average molecular weight is 649 g/mol. The molecule has 258 valence electrons. The lowest BCUT2D eigenvalue weighted by Gasteiger charge is -2.30. The van der Waals surface area contributed by atoms with Crippen LogP contribution in [-0.2, 0) is 16.0 Å². The molecule has 2 unspecified atom stereocenters. The molecule has 0 heterocycles. The van der Waals surface area contributed by atoms with E-state index in [1.807, 2.05) is 37.3 Å². The van der Waals surface area contributed by atoms with E-state index in [1.54, 1.807) is 46.4 Å². The Morgan fingerprint density at radius 2 is 1.28 bits per heavy atom. The zero-order valence-electron chi connectivity index (χ0n) is 28.0. The highest BCUT2D eigenvalue weighted by Crippen LogP contribution is 2.09. The van der Waals surface area contributed by atoms with E-state index in [1.165, 1.54) is 6.08 Å². The topological polar surface area (TPSA) is 191 Å². The third kappa shape index (κ3) is 18.2. The van der Waals surface area contributed by atoms with Crippen LogP contribution in [0, 0.1) is 0 Å². The Balaban J connectivity index is 2.47. The first-order chi connectivity index (χ1) is 21.6. The molecule has 0 aromatic heterocycles. The van der Waals surface area contributed by atoms with E-state index in [0.717, 1.165) is 5.56 Å². The summed E-state index contributed by atoms with van der Waals surface area (Å²) in [6.07, 6.45) is 0.278. The molecule has 46 heavy (non-hydrogen) atoms. The molecule has 0 aliphatic heterocycles. The molecule has 0 bridgehead atoms. The normalized spacial score (nSPS) is 13.4. The highest BCUT2D eigenvalue weighted by Gasteiger charge is 2.22. The van der Waals surface area contributed by atoms with E-state index in [2.05, 4.69) is 43.8 Å². The van der Waals surface area contributed by atoms with Gasteiger partial charge in [-0.15, -0.1) is 0 Å². The maximum Gasteiger partial charge on any atom is 0.407 e. The van der Waals surface area contributed by atoms with E-state index in [0.29, 0.717) is 6.54 Å². The number of hydrogen-bond donors (Lipinski definition) is 7. The van der Waals surface area contributed by atoms with Crippen molar-refractivity contribution in [2.24, 2.45) is 0 Å². The van der Waals surface area contributed by atoms with E-state index in [9.17, 15) is 24.0 Å². The molecule has 0 aliphatic carbocycles. The maximum absolute atomic E-state index is 13.2. The second kappa shape index (κ2) is 20.4. The van der Waals surface area contributed by atoms with E-state index < -0.39 is 41.9 Å². The summed E-state index contributed by atoms with van der Waals surface area (Å²) in [6, 6.07) is 6.58. The summed E-state index contributed by atoms with van der Waals surface area (Å²) in [5.41, 5.74) is 0.285. The van der Waals surface area contributed by atoms with Crippen molar-refractivity contribution in [3.8, 4) is 0 Å². The van der Waals surface area contributed by atoms with Gasteiger partial charge >= 0.3 is 30.3 Å². The molecule has 0 radical (unpaired) electrons. The lowest BCUT2D eigenvalue weighted by molar-refractivity contribution is 0.0508. The molecular formula is C31H52N8O7. The van der Waals surface area contributed by atoms with Crippen LogP contribution in [0.3, 0.4) is 0 Å². The zero-order valence-corrected chi connectivity index (χ0v) is 28.0. The molecular weight excluding hydrogens is 596 g/mol. The minimum atomic E-state index is -0.625. The van der Waals surface area contributed by atoms with Gasteiger partial charge in [0.1, 0.15) is 12.2 Å². The van der Waals surface area contributed by atoms with Crippen LogP contribution in [0.15, 0.2) is 43.0 Å². The van der Waals surface area contributed by atoms with Crippen molar-refractivity contribution >= 4 is 30.3 Å². The van der Waals surface area contributed by atoms with Gasteiger partial charge in [-0.1, -0.05) is 43.0 Å². The predicted octanol–water partition coefficient (Wildman–Crippen LogP) is 2.79. The van der Waals surface area contributed by atoms with Gasteiger partial charge in [-0.25, -0.2) is 24.0 Å². The van der Waals surface area contributed by atoms with Gasteiger partial charge in [0.15, 0.2) is 0 Å². The number of nitrogens with one attached hydrogen (secondary N) is 7. The molecule has 4 atom stereocenters. The highest BCUT2D eigenvalue weighted by molar-refractivity contribution is 5.77. The molecule has 1 aromatic rings. The molecule has 0 saturated carbocycles. The van der Waals surface area contributed by atoms with Crippen LogP contribution in [0.5, 0.6) is 0 Å². The van der Waals surface area contributed by atoms with Crippen LogP contribution in [0.4, 0.5) is 24.0 Å². The highest BCUT2D eigenvalue weighted by atomic mass is 16.6. The summed E-state index contributed by atoms with van der Waals surface area (Å²) in [5, 5.41) is 18.9. The Kier molecular flexibility index (Phi) is 17.4. The Morgan fingerprint density at radius 3 is 1.80 bits per heavy atom. The lowest BCUT2D eigenvalue weighted by Crippen LogP contribution is -2.53. The molecule has 7 N–H and O–H groups in total. The molecule has 0 aliphatic rings. The molecule has 0 spiro atoms. The van der Waals surface area contributed by atoms with Gasteiger partial charge in [0.05, 0.1) is 0 Å². The summed E-state index contributed by atoms with van der Waals surface area (Å²) < 4.78 is 10.1. The van der Waals surface area contributed by atoms with Crippen molar-refractivity contribution in [3.63, 3.8) is 0 Å². The molecule has 0 saturated heterocycles. The minimum absolute atomic E-state index is 0.0770. The molecule has 15 nitrogen and oxygen atoms in total. The first-order valence-corrected chi connectivity index (χ1v) is 15.3. The number of carbonyl (C=O) groups excluding carboxylic acids is 5. The number of benzene rings is 1. The number of hydrogen-bond acceptors (Lipinski definition) is 7. The largest absolute Gasteiger partial charge is 0.445 e. The quantitative estimate of drug-likeness (QED) is 0.134. The Hall–Kier alpha value is -4.69. The molecule has 8 amide bonds. The lowest BCUT2D eigenvalue weighted by atomic mass is 10.2. The summed E-state index contributed by atoms with van der Waals surface area (Å²) >= 11 is 0. The van der Waals surface area contributed by atoms with Gasteiger partial charge in [0, 0.05) is 56.9 Å². The predicted molar refractivity (Wildman–Crippen MR) is 175 cm³/mol. The van der Waals surface area contributed by atoms with Crippen LogP contribution in [0.2, 0.25) is 0 Å². The number of alkyl carbamates (subject to hydrolysis) is 2. The summed E-state index contributed by atoms with van der Waals surface area (Å²) in [7, 11) is 0. The smallest absolute Gasteiger partial charge is 0.407 e. The fraction of sp³-hybridized carbons (Fsp3) is 0.581. The van der Waals surface area contributed by atoms with Crippen LogP contribution in [0.1, 0.15) is 54.0 Å². The Labute approximate surface area is 272 Å². The summed E-state index contributed by atoms with van der Waals surface area (Å²) in [6.45, 7) is 16.8. The first kappa shape index (κ1) is 39.3. The van der Waals surface area contributed by atoms with Crippen molar-refractivity contribution in [2.45, 2.75) is 84.8 Å². The van der Waals surface area contributed by atoms with Crippen molar-refractivity contribution in [1.82, 2.24) is 42.1 Å². The minimum Gasteiger partial charge on any atom is -0.445 e. The Morgan fingerprint density at radius 1 is 0.761 bits per heavy atom. The first-order valence-electron chi connectivity index (χ1n) is 15.3. The standard InChI is InChI=1S/C31H52N8O7/c1-9-15-45-29(43)35-19-24(5)39(20-25-13-11-10-12-14-25)28(42)34-18-22(3)37-26(40)32-16-21(2)36-27(41)33-17-23(4)38-30(44)46-31(6,7)8/h9-14,21-24H,1,15-20H2,2-8H3,(H,34,42)(H,35,43)(H,38,44)(H2,32,37,40)(H2,33,36,41)/t21?,22-,23-,24?/m0/s1. The maximum atomic E-state index is 13.2. The van der Waals surface area contributed by atoms with Crippen molar-refractivity contribution in [3.05, 3.63) is 48.6 Å². The number of nitrogens with zero attached hydrogens (tertiary/aromatic N) is 1. The van der Waals surface area contributed by atoms with Gasteiger partial charge in [-0.2, -0.15) is 0 Å². The summed E-state index contributed by atoms with van der Waals surface area (Å²) in [4.78, 5) is 63.1.